The number of anilines is 1. The van der Waals surface area contributed by atoms with Crippen LogP contribution in [0.15, 0.2) is 53.1 Å². The van der Waals surface area contributed by atoms with Crippen LogP contribution < -0.4 is 4.90 Å². The lowest BCUT2D eigenvalue weighted by Crippen LogP contribution is -2.48. The Hall–Kier alpha value is -2.86. The summed E-state index contributed by atoms with van der Waals surface area (Å²) in [5.74, 6) is 1.20. The Morgan fingerprint density at radius 3 is 2.32 bits per heavy atom. The number of carbonyl (C=O) groups excluding carboxylic acids is 1. The second-order valence-corrected chi connectivity index (χ2v) is 7.13. The van der Waals surface area contributed by atoms with Gasteiger partial charge in [0.2, 0.25) is 11.7 Å². The van der Waals surface area contributed by atoms with Crippen LogP contribution in [0.3, 0.4) is 0 Å². The number of benzene rings is 2. The maximum atomic E-state index is 12.8. The summed E-state index contributed by atoms with van der Waals surface area (Å²) < 4.78 is 5.15. The van der Waals surface area contributed by atoms with Crippen LogP contribution in [-0.2, 0) is 6.42 Å². The molecule has 2 heterocycles. The first-order valence-electron chi connectivity index (χ1n) is 9.37. The fraction of sp³-hybridized carbons (Fsp3) is 0.286. The Bertz CT molecular complexity index is 945. The summed E-state index contributed by atoms with van der Waals surface area (Å²) in [6.07, 6.45) is 0.700. The summed E-state index contributed by atoms with van der Waals surface area (Å²) in [7, 11) is 0. The highest BCUT2D eigenvalue weighted by Gasteiger charge is 2.22. The van der Waals surface area contributed by atoms with Crippen LogP contribution in [0.2, 0.25) is 5.02 Å². The zero-order valence-electron chi connectivity index (χ0n) is 15.6. The molecule has 0 spiro atoms. The predicted octanol–water partition coefficient (Wildman–Crippen LogP) is 3.91. The monoisotopic (exact) mass is 396 g/mol. The number of halogens is 1. The molecule has 28 heavy (non-hydrogen) atoms. The fourth-order valence-corrected chi connectivity index (χ4v) is 3.41. The summed E-state index contributed by atoms with van der Waals surface area (Å²) in [5, 5.41) is 4.70. The van der Waals surface area contributed by atoms with Crippen LogP contribution in [0.1, 0.15) is 23.2 Å². The van der Waals surface area contributed by atoms with Crippen molar-refractivity contribution in [3.63, 3.8) is 0 Å². The zero-order chi connectivity index (χ0) is 19.5. The molecule has 4 rings (SSSR count). The van der Waals surface area contributed by atoms with Crippen LogP contribution in [0, 0.1) is 0 Å². The van der Waals surface area contributed by atoms with E-state index in [4.69, 9.17) is 16.1 Å². The van der Waals surface area contributed by atoms with Gasteiger partial charge in [-0.1, -0.05) is 35.8 Å². The van der Waals surface area contributed by atoms with Gasteiger partial charge in [0.25, 0.3) is 5.91 Å². The first-order valence-corrected chi connectivity index (χ1v) is 9.74. The minimum Gasteiger partial charge on any atom is -0.368 e. The van der Waals surface area contributed by atoms with E-state index in [0.717, 1.165) is 29.4 Å². The smallest absolute Gasteiger partial charge is 0.253 e. The van der Waals surface area contributed by atoms with Crippen molar-refractivity contribution >= 4 is 23.2 Å². The largest absolute Gasteiger partial charge is 0.368 e. The standard InChI is InChI=1S/C21H21ClN4O2/c1-2-19-23-20(24-28-19)15-3-5-16(6-4-15)21(27)26-13-11-25(12-14-26)18-9-7-17(22)8-10-18/h3-10H,2,11-14H2,1H3. The van der Waals surface area contributed by atoms with Gasteiger partial charge in [-0.3, -0.25) is 4.79 Å². The minimum atomic E-state index is 0.0460. The highest BCUT2D eigenvalue weighted by Crippen LogP contribution is 2.21. The van der Waals surface area contributed by atoms with E-state index in [1.54, 1.807) is 0 Å². The highest BCUT2D eigenvalue weighted by molar-refractivity contribution is 6.30. The summed E-state index contributed by atoms with van der Waals surface area (Å²) >= 11 is 5.96. The van der Waals surface area contributed by atoms with Crippen LogP contribution in [-0.4, -0.2) is 47.1 Å². The number of hydrogen-bond donors (Lipinski definition) is 0. The van der Waals surface area contributed by atoms with Gasteiger partial charge in [-0.25, -0.2) is 0 Å². The van der Waals surface area contributed by atoms with Gasteiger partial charge in [0.1, 0.15) is 0 Å². The Labute approximate surface area is 168 Å². The first kappa shape index (κ1) is 18.5. The maximum absolute atomic E-state index is 12.8. The molecule has 1 fully saturated rings. The van der Waals surface area contributed by atoms with E-state index in [-0.39, 0.29) is 5.91 Å². The molecule has 1 aliphatic rings. The minimum absolute atomic E-state index is 0.0460. The average molecular weight is 397 g/mol. The van der Waals surface area contributed by atoms with Gasteiger partial charge in [-0.05, 0) is 36.4 Å². The summed E-state index contributed by atoms with van der Waals surface area (Å²) in [6, 6.07) is 15.2. The van der Waals surface area contributed by atoms with Gasteiger partial charge in [-0.15, -0.1) is 0 Å². The maximum Gasteiger partial charge on any atom is 0.253 e. The molecule has 0 unspecified atom stereocenters. The fourth-order valence-electron chi connectivity index (χ4n) is 3.28. The number of nitrogens with zero attached hydrogens (tertiary/aromatic N) is 4. The first-order chi connectivity index (χ1) is 13.6. The molecule has 144 valence electrons. The van der Waals surface area contributed by atoms with Crippen LogP contribution in [0.4, 0.5) is 5.69 Å². The van der Waals surface area contributed by atoms with E-state index in [2.05, 4.69) is 15.0 Å². The van der Waals surface area contributed by atoms with Crippen molar-refractivity contribution in [2.24, 2.45) is 0 Å². The molecule has 3 aromatic rings. The number of piperazine rings is 1. The Kier molecular flexibility index (Phi) is 5.30. The second-order valence-electron chi connectivity index (χ2n) is 6.70. The number of hydrogen-bond acceptors (Lipinski definition) is 5. The summed E-state index contributed by atoms with van der Waals surface area (Å²) in [6.45, 7) is 4.94. The molecule has 7 heteroatoms. The van der Waals surface area contributed by atoms with E-state index in [0.29, 0.717) is 36.8 Å². The number of carbonyl (C=O) groups is 1. The van der Waals surface area contributed by atoms with Crippen molar-refractivity contribution in [1.82, 2.24) is 15.0 Å². The summed E-state index contributed by atoms with van der Waals surface area (Å²) in [4.78, 5) is 21.3. The molecule has 0 atom stereocenters. The Morgan fingerprint density at radius 1 is 1.04 bits per heavy atom. The quantitative estimate of drug-likeness (QED) is 0.669. The van der Waals surface area contributed by atoms with Crippen LogP contribution in [0.25, 0.3) is 11.4 Å². The molecule has 0 aliphatic carbocycles. The summed E-state index contributed by atoms with van der Waals surface area (Å²) in [5.41, 5.74) is 2.64. The van der Waals surface area contributed by atoms with E-state index in [1.807, 2.05) is 60.4 Å². The molecule has 1 aromatic heterocycles. The van der Waals surface area contributed by atoms with E-state index in [9.17, 15) is 4.79 Å². The third-order valence-electron chi connectivity index (χ3n) is 4.92. The molecule has 0 N–H and O–H groups in total. The van der Waals surface area contributed by atoms with Crippen molar-refractivity contribution in [1.29, 1.82) is 0 Å². The molecular formula is C21H21ClN4O2. The molecule has 0 saturated carbocycles. The number of aromatic nitrogens is 2. The molecule has 0 bridgehead atoms. The average Bonchev–Trinajstić information content (AvgIpc) is 3.23. The molecule has 1 saturated heterocycles. The topological polar surface area (TPSA) is 62.5 Å². The van der Waals surface area contributed by atoms with Crippen molar-refractivity contribution in [3.8, 4) is 11.4 Å². The number of aryl methyl sites for hydroxylation is 1. The molecule has 0 radical (unpaired) electrons. The number of rotatable bonds is 4. The third-order valence-corrected chi connectivity index (χ3v) is 5.17. The van der Waals surface area contributed by atoms with E-state index in [1.165, 1.54) is 0 Å². The SMILES string of the molecule is CCc1nc(-c2ccc(C(=O)N3CCN(c4ccc(Cl)cc4)CC3)cc2)no1. The lowest BCUT2D eigenvalue weighted by molar-refractivity contribution is 0.0747. The highest BCUT2D eigenvalue weighted by atomic mass is 35.5. The van der Waals surface area contributed by atoms with Gasteiger partial charge >= 0.3 is 0 Å². The van der Waals surface area contributed by atoms with Crippen LogP contribution in [0.5, 0.6) is 0 Å². The van der Waals surface area contributed by atoms with Gasteiger partial charge in [0.05, 0.1) is 0 Å². The molecule has 6 nitrogen and oxygen atoms in total. The van der Waals surface area contributed by atoms with Gasteiger partial charge < -0.3 is 14.3 Å². The Balaban J connectivity index is 1.39. The zero-order valence-corrected chi connectivity index (χ0v) is 16.4. The molecule has 1 aliphatic heterocycles. The predicted molar refractivity (Wildman–Crippen MR) is 109 cm³/mol. The Morgan fingerprint density at radius 2 is 1.71 bits per heavy atom. The van der Waals surface area contributed by atoms with Crippen molar-refractivity contribution < 1.29 is 9.32 Å². The van der Waals surface area contributed by atoms with Gasteiger partial charge in [-0.2, -0.15) is 4.98 Å². The molecule has 2 aromatic carbocycles. The van der Waals surface area contributed by atoms with Crippen molar-refractivity contribution in [3.05, 3.63) is 65.0 Å². The molecular weight excluding hydrogens is 376 g/mol. The lowest BCUT2D eigenvalue weighted by Gasteiger charge is -2.36. The third kappa shape index (κ3) is 3.87. The van der Waals surface area contributed by atoms with Crippen molar-refractivity contribution in [2.45, 2.75) is 13.3 Å². The van der Waals surface area contributed by atoms with E-state index >= 15 is 0 Å². The lowest BCUT2D eigenvalue weighted by atomic mass is 10.1. The normalized spacial score (nSPS) is 14.4. The number of amides is 1. The van der Waals surface area contributed by atoms with E-state index < -0.39 is 0 Å². The second kappa shape index (κ2) is 8.02. The van der Waals surface area contributed by atoms with Gasteiger partial charge in [0, 0.05) is 54.4 Å². The van der Waals surface area contributed by atoms with Gasteiger partial charge in [0.15, 0.2) is 0 Å². The molecule has 1 amide bonds. The van der Waals surface area contributed by atoms with Crippen LogP contribution >= 0.6 is 11.6 Å². The van der Waals surface area contributed by atoms with Crippen molar-refractivity contribution in [2.75, 3.05) is 31.1 Å².